The van der Waals surface area contributed by atoms with Gasteiger partial charge in [-0.1, -0.05) is 92.3 Å². The Morgan fingerprint density at radius 3 is 1.74 bits per heavy atom. The van der Waals surface area contributed by atoms with Crippen LogP contribution in [0.15, 0.2) is 150 Å². The third-order valence-electron chi connectivity index (χ3n) is 16.7. The van der Waals surface area contributed by atoms with Gasteiger partial charge < -0.3 is 20.5 Å². The number of nitrogens with zero attached hydrogens (tertiary/aromatic N) is 13. The molecule has 4 aliphatic rings. The lowest BCUT2D eigenvalue weighted by Gasteiger charge is -2.37. The predicted molar refractivity (Wildman–Crippen MR) is 379 cm³/mol. The molecule has 22 nitrogen and oxygen atoms in total. The van der Waals surface area contributed by atoms with Gasteiger partial charge in [0.2, 0.25) is 5.82 Å². The summed E-state index contributed by atoms with van der Waals surface area (Å²) in [4.78, 5) is 54.1. The number of anilines is 2. The molecule has 6 heterocycles. The number of rotatable bonds is 8. The number of ether oxygens (including phenoxy) is 2. The van der Waals surface area contributed by atoms with Crippen LogP contribution in [0.5, 0.6) is 0 Å². The van der Waals surface area contributed by atoms with Crippen molar-refractivity contribution < 1.29 is 28.7 Å². The van der Waals surface area contributed by atoms with Crippen LogP contribution in [0.2, 0.25) is 0 Å². The summed E-state index contributed by atoms with van der Waals surface area (Å²) in [5.41, 5.74) is 24.6. The van der Waals surface area contributed by atoms with Gasteiger partial charge in [-0.3, -0.25) is 20.3 Å². The molecule has 98 heavy (non-hydrogen) atoms. The zero-order chi connectivity index (χ0) is 70.6. The average Bonchev–Trinajstić information content (AvgIpc) is 0.781. The average molecular weight is 1330 g/mol. The molecule has 5 aromatic heterocycles. The summed E-state index contributed by atoms with van der Waals surface area (Å²) in [6, 6.07) is 35.6. The molecule has 2 amide bonds. The van der Waals surface area contributed by atoms with Crippen molar-refractivity contribution in [3.63, 3.8) is 0 Å². The SMILES string of the molecule is CC1=NN=C(c2ccccn2)C2C(OC(=O)NCc3ccc(C)cc3C)CCCCCC12.Cc1cc(C)cc(N)c1.Cc1cc(C)cc(NC(=O)OC2/C=C/CCCCC2)c1.Cc1nnc(-c2ccccn2)c2c1CCCCCC2.Cc1nnc(-c2ccccn2)nn1.N#N.O=C=O. The highest BCUT2D eigenvalue weighted by molar-refractivity contribution is 6.06. The van der Waals surface area contributed by atoms with Gasteiger partial charge >= 0.3 is 18.3 Å². The molecule has 0 saturated heterocycles. The maximum Gasteiger partial charge on any atom is 0.412 e. The molecule has 0 spiro atoms. The highest BCUT2D eigenvalue weighted by atomic mass is 16.6. The molecule has 22 heteroatoms. The second kappa shape index (κ2) is 41.3. The molecule has 4 N–H and O–H groups in total. The summed E-state index contributed by atoms with van der Waals surface area (Å²) < 4.78 is 11.5. The van der Waals surface area contributed by atoms with E-state index in [1.807, 2.05) is 126 Å². The summed E-state index contributed by atoms with van der Waals surface area (Å²) in [6.07, 6.45) is 26.7. The van der Waals surface area contributed by atoms with Gasteiger partial charge in [0, 0.05) is 58.9 Å². The van der Waals surface area contributed by atoms with E-state index in [2.05, 4.69) is 124 Å². The predicted octanol–water partition coefficient (Wildman–Crippen LogP) is 15.6. The van der Waals surface area contributed by atoms with E-state index >= 15 is 0 Å². The number of carbonyl (C=O) groups is 2. The number of hydrogen-bond donors (Lipinski definition) is 3. The Morgan fingerprint density at radius 1 is 0.561 bits per heavy atom. The molecule has 1 fully saturated rings. The first-order valence-electron chi connectivity index (χ1n) is 33.5. The van der Waals surface area contributed by atoms with Gasteiger partial charge in [-0.05, 0) is 244 Å². The topological polar surface area (TPSA) is 325 Å². The number of aromatic nitrogens is 9. The molecule has 1 saturated carbocycles. The van der Waals surface area contributed by atoms with E-state index in [1.165, 1.54) is 71.9 Å². The van der Waals surface area contributed by atoms with Gasteiger partial charge in [0.15, 0.2) is 5.82 Å². The molecular formula is C76H92N16O6. The Bertz CT molecular complexity index is 3870. The van der Waals surface area contributed by atoms with Crippen molar-refractivity contribution in [2.45, 2.75) is 184 Å². The van der Waals surface area contributed by atoms with Gasteiger partial charge in [0.1, 0.15) is 23.6 Å². The van der Waals surface area contributed by atoms with Gasteiger partial charge in [-0.25, -0.2) is 9.59 Å². The number of allylic oxidation sites excluding steroid dienone is 1. The number of fused-ring (bicyclic) bond motifs is 2. The number of nitrogens with two attached hydrogens (primary N) is 1. The third-order valence-corrected chi connectivity index (χ3v) is 16.7. The van der Waals surface area contributed by atoms with Gasteiger partial charge in [0.05, 0.1) is 28.7 Å². The van der Waals surface area contributed by atoms with Gasteiger partial charge in [-0.2, -0.15) is 24.9 Å². The summed E-state index contributed by atoms with van der Waals surface area (Å²) in [5.74, 6) is 1.18. The van der Waals surface area contributed by atoms with Crippen molar-refractivity contribution in [1.82, 2.24) is 50.9 Å². The second-order valence-electron chi connectivity index (χ2n) is 24.7. The van der Waals surface area contributed by atoms with Crippen LogP contribution in [0.1, 0.15) is 164 Å². The fourth-order valence-electron chi connectivity index (χ4n) is 12.2. The van der Waals surface area contributed by atoms with E-state index in [4.69, 9.17) is 35.6 Å². The van der Waals surface area contributed by atoms with E-state index in [0.717, 1.165) is 126 Å². The molecule has 4 unspecified atom stereocenters. The highest BCUT2D eigenvalue weighted by Gasteiger charge is 2.41. The van der Waals surface area contributed by atoms with Crippen LogP contribution >= 0.6 is 0 Å². The number of amides is 2. The maximum absolute atomic E-state index is 12.8. The molecule has 0 bridgehead atoms. The first kappa shape index (κ1) is 76.4. The van der Waals surface area contributed by atoms with E-state index < -0.39 is 0 Å². The lowest BCUT2D eigenvalue weighted by Crippen LogP contribution is -2.44. The van der Waals surface area contributed by atoms with Crippen LogP contribution in [0.4, 0.5) is 21.0 Å². The molecule has 512 valence electrons. The van der Waals surface area contributed by atoms with Crippen LogP contribution in [0.25, 0.3) is 22.9 Å². The molecule has 4 atom stereocenters. The standard InChI is InChI=1S/C26H32N4O2.C17H23NO2.C16H19N3.C8H7N5.C8H11N.CO2.N2/c1-17-12-13-20(18(2)15-17)16-28-26(31)32-23-11-6-4-5-9-21-19(3)29-30-25(24(21)23)22-10-7-8-14-27-22;1-13-10-14(2)12-15(11-13)18-17(19)20-16-8-6-4-3-5-7-9-16;1-12-13-8-4-2-3-5-9-14(13)16(19-18-12)15-10-6-7-11-17-15;1-6-10-12-8(13-11-6)7-4-2-3-5-9-7;1-6-3-7(2)5-8(9)4-6;2-1-3;1-2/h7-8,10,12-15,21,23-24H,4-6,9,11,16H2,1-3H3,(H,28,31);6,8,10-12,16H,3-5,7,9H2,1-2H3,(H,18,19);6-7,10-11H,2-5,8-9H2,1H3;2-5H,1H3;3-5H,9H2,1-2H3;;/b;8-6+;;;;;. The molecule has 12 rings (SSSR count). The van der Waals surface area contributed by atoms with E-state index in [9.17, 15) is 9.59 Å². The van der Waals surface area contributed by atoms with Gasteiger partial charge in [0.25, 0.3) is 0 Å². The lowest BCUT2D eigenvalue weighted by molar-refractivity contribution is -0.191. The summed E-state index contributed by atoms with van der Waals surface area (Å²) in [6.45, 7) is 18.6. The van der Waals surface area contributed by atoms with Crippen molar-refractivity contribution in [2.75, 3.05) is 11.1 Å². The number of nitrogen functional groups attached to an aromatic ring is 1. The molecular weight excluding hydrogens is 1230 g/mol. The Kier molecular flexibility index (Phi) is 32.2. The third kappa shape index (κ3) is 25.5. The Labute approximate surface area is 575 Å². The Morgan fingerprint density at radius 2 is 1.13 bits per heavy atom. The maximum atomic E-state index is 12.8. The highest BCUT2D eigenvalue weighted by Crippen LogP contribution is 2.37. The monoisotopic (exact) mass is 1320 g/mol. The lowest BCUT2D eigenvalue weighted by atomic mass is 9.73. The number of carbonyl (C=O) groups excluding carboxylic acids is 4. The van der Waals surface area contributed by atoms with E-state index in [1.54, 1.807) is 19.3 Å². The fraction of sp³-hybridized carbons (Fsp3) is 0.395. The zero-order valence-electron chi connectivity index (χ0n) is 57.9. The number of hydrogen-bond acceptors (Lipinski definition) is 20. The molecule has 1 aliphatic heterocycles. The van der Waals surface area contributed by atoms with Crippen molar-refractivity contribution in [2.24, 2.45) is 22.0 Å². The number of pyridine rings is 3. The summed E-state index contributed by atoms with van der Waals surface area (Å²) in [5, 5.41) is 50.8. The second-order valence-corrected chi connectivity index (χ2v) is 24.7. The number of nitrogens with one attached hydrogen (secondary N) is 2. The normalized spacial score (nSPS) is 17.1. The molecule has 0 radical (unpaired) electrons. The molecule has 8 aromatic rings. The van der Waals surface area contributed by atoms with Crippen LogP contribution in [0.3, 0.4) is 0 Å². The first-order chi connectivity index (χ1) is 47.5. The quantitative estimate of drug-likeness (QED) is 0.0723. The molecule has 3 aliphatic carbocycles. The largest absolute Gasteiger partial charge is 0.446 e. The summed E-state index contributed by atoms with van der Waals surface area (Å²) >= 11 is 0. The molecule has 3 aromatic carbocycles. The number of aryl methyl sites for hydroxylation is 8. The minimum absolute atomic E-state index is 0.0328. The van der Waals surface area contributed by atoms with Crippen molar-refractivity contribution >= 4 is 41.1 Å². The summed E-state index contributed by atoms with van der Waals surface area (Å²) in [7, 11) is 0. The minimum Gasteiger partial charge on any atom is -0.446 e. The minimum atomic E-state index is -0.380. The number of alkyl carbamates (subject to hydrolysis) is 1. The smallest absolute Gasteiger partial charge is 0.412 e. The zero-order valence-corrected chi connectivity index (χ0v) is 57.9. The van der Waals surface area contributed by atoms with Crippen LogP contribution in [-0.4, -0.2) is 87.5 Å². The van der Waals surface area contributed by atoms with Crippen LogP contribution < -0.4 is 16.4 Å². The Hall–Kier alpha value is -10.6. The fourth-order valence-corrected chi connectivity index (χ4v) is 12.2. The number of benzene rings is 3. The van der Waals surface area contributed by atoms with Crippen molar-refractivity contribution in [1.29, 1.82) is 10.8 Å². The van der Waals surface area contributed by atoms with Crippen molar-refractivity contribution in [3.05, 3.63) is 207 Å². The van der Waals surface area contributed by atoms with Crippen LogP contribution in [0, 0.1) is 78.0 Å². The van der Waals surface area contributed by atoms with E-state index in [-0.39, 0.29) is 42.4 Å². The first-order valence-corrected chi connectivity index (χ1v) is 33.5. The van der Waals surface area contributed by atoms with Crippen LogP contribution in [-0.2, 0) is 38.4 Å². The Balaban J connectivity index is 0.000000201. The van der Waals surface area contributed by atoms with E-state index in [0.29, 0.717) is 23.9 Å². The van der Waals surface area contributed by atoms with Gasteiger partial charge in [-0.15, -0.1) is 25.5 Å². The van der Waals surface area contributed by atoms with Crippen molar-refractivity contribution in [3.8, 4) is 22.9 Å².